The summed E-state index contributed by atoms with van der Waals surface area (Å²) < 4.78 is 10.7. The molecule has 2 aromatic carbocycles. The van der Waals surface area contributed by atoms with E-state index >= 15 is 0 Å². The van der Waals surface area contributed by atoms with E-state index in [0.29, 0.717) is 11.3 Å². The molecule has 0 spiro atoms. The van der Waals surface area contributed by atoms with Crippen molar-refractivity contribution in [3.8, 4) is 11.5 Å². The molecule has 1 atom stereocenters. The van der Waals surface area contributed by atoms with E-state index in [1.54, 1.807) is 26.0 Å². The zero-order chi connectivity index (χ0) is 18.2. The van der Waals surface area contributed by atoms with Gasteiger partial charge in [0, 0.05) is 16.2 Å². The van der Waals surface area contributed by atoms with Crippen molar-refractivity contribution in [3.63, 3.8) is 0 Å². The molecule has 0 aliphatic heterocycles. The Labute approximate surface area is 153 Å². The summed E-state index contributed by atoms with van der Waals surface area (Å²) in [7, 11) is 3.23. The molecule has 4 nitrogen and oxygen atoms in total. The van der Waals surface area contributed by atoms with Gasteiger partial charge in [-0.3, -0.25) is 4.79 Å². The predicted octanol–water partition coefficient (Wildman–Crippen LogP) is 4.47. The van der Waals surface area contributed by atoms with Crippen LogP contribution in [-0.2, 0) is 0 Å². The number of hydrogen-bond acceptors (Lipinski definition) is 4. The number of rotatable bonds is 8. The topological polar surface area (TPSA) is 47.6 Å². The lowest BCUT2D eigenvalue weighted by atomic mass is 10.1. The van der Waals surface area contributed by atoms with E-state index < -0.39 is 0 Å². The first-order valence-electron chi connectivity index (χ1n) is 7.96. The SMILES string of the molecule is C=CCSc1ccccc1C(=O)N[C@H](C)c1cc(OC)ccc1OC. The molecular formula is C20H23NO3S. The molecule has 0 saturated carbocycles. The Balaban J connectivity index is 2.22. The van der Waals surface area contributed by atoms with Crippen molar-refractivity contribution in [2.45, 2.75) is 17.9 Å². The number of amides is 1. The van der Waals surface area contributed by atoms with Gasteiger partial charge in [0.15, 0.2) is 0 Å². The van der Waals surface area contributed by atoms with Gasteiger partial charge in [0.2, 0.25) is 0 Å². The van der Waals surface area contributed by atoms with Crippen LogP contribution in [0.4, 0.5) is 0 Å². The molecule has 0 aliphatic rings. The van der Waals surface area contributed by atoms with E-state index in [2.05, 4.69) is 11.9 Å². The van der Waals surface area contributed by atoms with Gasteiger partial charge in [-0.25, -0.2) is 0 Å². The molecule has 132 valence electrons. The second-order valence-electron chi connectivity index (χ2n) is 5.40. The molecular weight excluding hydrogens is 334 g/mol. The number of nitrogens with one attached hydrogen (secondary N) is 1. The first kappa shape index (κ1) is 18.9. The fourth-order valence-corrected chi connectivity index (χ4v) is 3.25. The van der Waals surface area contributed by atoms with Gasteiger partial charge in [-0.2, -0.15) is 0 Å². The minimum absolute atomic E-state index is 0.121. The molecule has 1 amide bonds. The van der Waals surface area contributed by atoms with E-state index in [9.17, 15) is 4.79 Å². The molecule has 5 heteroatoms. The van der Waals surface area contributed by atoms with Gasteiger partial charge in [-0.15, -0.1) is 18.3 Å². The molecule has 0 radical (unpaired) electrons. The van der Waals surface area contributed by atoms with Crippen molar-refractivity contribution in [1.29, 1.82) is 0 Å². The van der Waals surface area contributed by atoms with Gasteiger partial charge in [0.1, 0.15) is 11.5 Å². The average molecular weight is 357 g/mol. The molecule has 25 heavy (non-hydrogen) atoms. The van der Waals surface area contributed by atoms with Crippen molar-refractivity contribution in [1.82, 2.24) is 5.32 Å². The average Bonchev–Trinajstić information content (AvgIpc) is 2.65. The van der Waals surface area contributed by atoms with Gasteiger partial charge in [-0.1, -0.05) is 18.2 Å². The van der Waals surface area contributed by atoms with Crippen LogP contribution in [0.3, 0.4) is 0 Å². The number of hydrogen-bond donors (Lipinski definition) is 1. The molecule has 1 N–H and O–H groups in total. The van der Waals surface area contributed by atoms with Crippen LogP contribution in [0.2, 0.25) is 0 Å². The van der Waals surface area contributed by atoms with Crippen LogP contribution in [0.1, 0.15) is 28.9 Å². The summed E-state index contributed by atoms with van der Waals surface area (Å²) in [5.41, 5.74) is 1.52. The minimum atomic E-state index is -0.227. The fourth-order valence-electron chi connectivity index (χ4n) is 2.46. The normalized spacial score (nSPS) is 11.5. The van der Waals surface area contributed by atoms with E-state index in [-0.39, 0.29) is 11.9 Å². The summed E-state index contributed by atoms with van der Waals surface area (Å²) in [5.74, 6) is 2.06. The maximum atomic E-state index is 12.7. The van der Waals surface area contributed by atoms with Gasteiger partial charge < -0.3 is 14.8 Å². The van der Waals surface area contributed by atoms with Crippen LogP contribution in [0.15, 0.2) is 60.0 Å². The highest BCUT2D eigenvalue weighted by Gasteiger charge is 2.18. The summed E-state index contributed by atoms with van der Waals surface area (Å²) in [4.78, 5) is 13.7. The number of thioether (sulfide) groups is 1. The Morgan fingerprint density at radius 3 is 2.68 bits per heavy atom. The van der Waals surface area contributed by atoms with Gasteiger partial charge in [0.25, 0.3) is 5.91 Å². The van der Waals surface area contributed by atoms with Crippen molar-refractivity contribution < 1.29 is 14.3 Å². The Morgan fingerprint density at radius 1 is 1.24 bits per heavy atom. The standard InChI is InChI=1S/C20H23NO3S/c1-5-12-25-19-9-7-6-8-16(19)20(22)21-14(2)17-13-15(23-3)10-11-18(17)24-4/h5-11,13-14H,1,12H2,2-4H3,(H,21,22)/t14-/m1/s1. The fraction of sp³-hybridized carbons (Fsp3) is 0.250. The van der Waals surface area contributed by atoms with Crippen molar-refractivity contribution in [3.05, 3.63) is 66.2 Å². The lowest BCUT2D eigenvalue weighted by molar-refractivity contribution is 0.0936. The molecule has 0 heterocycles. The quantitative estimate of drug-likeness (QED) is 0.559. The second-order valence-corrected chi connectivity index (χ2v) is 6.46. The largest absolute Gasteiger partial charge is 0.497 e. The zero-order valence-corrected chi connectivity index (χ0v) is 15.6. The summed E-state index contributed by atoms with van der Waals surface area (Å²) in [6.45, 7) is 5.65. The third kappa shape index (κ3) is 4.79. The van der Waals surface area contributed by atoms with Gasteiger partial charge >= 0.3 is 0 Å². The summed E-state index contributed by atoms with van der Waals surface area (Å²) in [6, 6.07) is 12.9. The first-order chi connectivity index (χ1) is 12.1. The molecule has 0 aliphatic carbocycles. The maximum absolute atomic E-state index is 12.7. The summed E-state index contributed by atoms with van der Waals surface area (Å²) in [6.07, 6.45) is 1.82. The van der Waals surface area contributed by atoms with Crippen LogP contribution in [0.25, 0.3) is 0 Å². The molecule has 0 saturated heterocycles. The lowest BCUT2D eigenvalue weighted by Crippen LogP contribution is -2.27. The second kappa shape index (κ2) is 9.18. The number of carbonyl (C=O) groups excluding carboxylic acids is 1. The predicted molar refractivity (Wildman–Crippen MR) is 103 cm³/mol. The highest BCUT2D eigenvalue weighted by atomic mass is 32.2. The number of methoxy groups -OCH3 is 2. The highest BCUT2D eigenvalue weighted by Crippen LogP contribution is 2.30. The van der Waals surface area contributed by atoms with Crippen LogP contribution in [0.5, 0.6) is 11.5 Å². The Hall–Kier alpha value is -2.40. The van der Waals surface area contributed by atoms with Crippen LogP contribution in [0, 0.1) is 0 Å². The Bertz CT molecular complexity index is 745. The van der Waals surface area contributed by atoms with Crippen LogP contribution in [-0.4, -0.2) is 25.9 Å². The highest BCUT2D eigenvalue weighted by molar-refractivity contribution is 7.99. The summed E-state index contributed by atoms with van der Waals surface area (Å²) in [5, 5.41) is 3.04. The lowest BCUT2D eigenvalue weighted by Gasteiger charge is -2.19. The summed E-state index contributed by atoms with van der Waals surface area (Å²) >= 11 is 1.59. The van der Waals surface area contributed by atoms with Gasteiger partial charge in [-0.05, 0) is 37.3 Å². The number of benzene rings is 2. The van der Waals surface area contributed by atoms with E-state index in [0.717, 1.165) is 22.0 Å². The molecule has 0 fully saturated rings. The molecule has 0 unspecified atom stereocenters. The van der Waals surface area contributed by atoms with Crippen LogP contribution >= 0.6 is 11.8 Å². The molecule has 2 aromatic rings. The van der Waals surface area contributed by atoms with E-state index in [1.165, 1.54) is 0 Å². The number of ether oxygens (including phenoxy) is 2. The third-order valence-corrected chi connectivity index (χ3v) is 4.81. The van der Waals surface area contributed by atoms with Gasteiger partial charge in [0.05, 0.1) is 25.8 Å². The smallest absolute Gasteiger partial charge is 0.252 e. The monoisotopic (exact) mass is 357 g/mol. The van der Waals surface area contributed by atoms with Crippen molar-refractivity contribution in [2.24, 2.45) is 0 Å². The molecule has 0 aromatic heterocycles. The van der Waals surface area contributed by atoms with E-state index in [1.807, 2.05) is 55.5 Å². The van der Waals surface area contributed by atoms with Crippen molar-refractivity contribution in [2.75, 3.05) is 20.0 Å². The minimum Gasteiger partial charge on any atom is -0.497 e. The zero-order valence-electron chi connectivity index (χ0n) is 14.7. The Kier molecular flexibility index (Phi) is 6.95. The first-order valence-corrected chi connectivity index (χ1v) is 8.94. The third-order valence-electron chi connectivity index (χ3n) is 3.74. The maximum Gasteiger partial charge on any atom is 0.252 e. The van der Waals surface area contributed by atoms with E-state index in [4.69, 9.17) is 9.47 Å². The molecule has 2 rings (SSSR count). The van der Waals surface area contributed by atoms with Crippen molar-refractivity contribution >= 4 is 17.7 Å². The Morgan fingerprint density at radius 2 is 2.00 bits per heavy atom. The number of carbonyl (C=O) groups is 1. The van der Waals surface area contributed by atoms with Crippen LogP contribution < -0.4 is 14.8 Å². The molecule has 0 bridgehead atoms.